The summed E-state index contributed by atoms with van der Waals surface area (Å²) in [6.45, 7) is 5.82. The smallest absolute Gasteiger partial charge is 0.748 e. The fourth-order valence-corrected chi connectivity index (χ4v) is 7.32. The third-order valence-corrected chi connectivity index (χ3v) is 10.6. The van der Waals surface area contributed by atoms with E-state index >= 15 is 0 Å². The van der Waals surface area contributed by atoms with E-state index in [1.54, 1.807) is 43.1 Å². The first-order valence-electron chi connectivity index (χ1n) is 19.9. The van der Waals surface area contributed by atoms with Crippen LogP contribution in [0.3, 0.4) is 0 Å². The van der Waals surface area contributed by atoms with Crippen LogP contribution in [0.5, 0.6) is 0 Å². The zero-order valence-electron chi connectivity index (χ0n) is 39.1. The Kier molecular flexibility index (Phi) is 31.9. The molecule has 0 aliphatic carbocycles. The van der Waals surface area contributed by atoms with Crippen molar-refractivity contribution in [3.8, 4) is 22.8 Å². The summed E-state index contributed by atoms with van der Waals surface area (Å²) < 4.78 is 122. The standard InChI is InChI=1S/C13H14N2O4.C12H12N2O6S2.C12H11N2O3S.C6H7N.2Na.O3S.Ru/c16-11-4-5-12(17)15(11)19-13(18)3-1-2-10-6-8-14-9-7-10;15-21(16,17)7-9-1-3-13-11(5-9)12-6-10(2-4-14-12)8-22(18,19)20;1-9-2-4-13-11(6-9)12-7-10(3-5-14-12)8-18(15,16)17;1-6-2-4-7-5-3-6;;;1-4(2)3;/h6-9H,1-5H2;1-6H,7-8H2,(H,15,16,17)(H,18,19,20);2-7H,1,8H2,(H,15,16,17);2-5H,1H3;;;;/q;;-1;;2*+1;;/p-3. The number of carbonyl (C=O) groups is 3. The number of rotatable bonds is 13. The van der Waals surface area contributed by atoms with E-state index in [0.717, 1.165) is 17.5 Å². The summed E-state index contributed by atoms with van der Waals surface area (Å²) in [5.74, 6) is -3.38. The van der Waals surface area contributed by atoms with Gasteiger partial charge < -0.3 is 18.5 Å². The van der Waals surface area contributed by atoms with Crippen LogP contribution in [-0.4, -0.2) is 104 Å². The zero-order valence-corrected chi connectivity index (χ0v) is 48.1. The number of imide groups is 1. The average Bonchev–Trinajstić information content (AvgIpc) is 3.58. The SMILES string of the molecule is Cc1ccncc1.O=C(CCCc1ccncc1)ON1C(=O)CCC1=O.O=S(=O)([O-])Cc1ccnc(-c2cc(CS(=O)(=O)[O-])ccn2)c1.O=S(=O)=O.[CH2-]c1ccnc(-c2cc(CS(=O)(=O)[O-])ccn2)c1.[Na+].[Na+].[Ru]. The van der Waals surface area contributed by atoms with E-state index in [2.05, 4.69) is 36.8 Å². The molecule has 1 fully saturated rings. The van der Waals surface area contributed by atoms with Crippen molar-refractivity contribution >= 4 is 58.7 Å². The van der Waals surface area contributed by atoms with Gasteiger partial charge in [-0.3, -0.25) is 39.5 Å². The van der Waals surface area contributed by atoms with Crippen LogP contribution in [0.25, 0.3) is 22.8 Å². The van der Waals surface area contributed by atoms with Crippen LogP contribution < -0.4 is 59.1 Å². The van der Waals surface area contributed by atoms with Gasteiger partial charge in [-0.2, -0.15) is 12.5 Å². The number of amides is 2. The van der Waals surface area contributed by atoms with Gasteiger partial charge in [-0.15, -0.1) is 29.8 Å². The molecule has 7 heterocycles. The molecule has 2 amide bonds. The van der Waals surface area contributed by atoms with Crippen LogP contribution in [0.2, 0.25) is 0 Å². The molecule has 6 aromatic heterocycles. The Morgan fingerprint density at radius 2 is 0.918 bits per heavy atom. The molecule has 0 saturated carbocycles. The van der Waals surface area contributed by atoms with E-state index < -0.39 is 76.0 Å². The third kappa shape index (κ3) is 30.4. The molecule has 0 aromatic carbocycles. The van der Waals surface area contributed by atoms with Gasteiger partial charge in [0, 0.05) is 87.8 Å². The number of pyridine rings is 6. The van der Waals surface area contributed by atoms with Crippen LogP contribution in [0.15, 0.2) is 122 Å². The molecule has 7 rings (SSSR count). The van der Waals surface area contributed by atoms with Gasteiger partial charge in [0.1, 0.15) is 0 Å². The largest absolute Gasteiger partial charge is 1.00 e. The normalized spacial score (nSPS) is 11.5. The predicted octanol–water partition coefficient (Wildman–Crippen LogP) is -2.99. The second-order valence-electron chi connectivity index (χ2n) is 14.3. The summed E-state index contributed by atoms with van der Waals surface area (Å²) in [5, 5.41) is 0.578. The molecular weight excluding hydrogens is 1150 g/mol. The van der Waals surface area contributed by atoms with Crippen molar-refractivity contribution in [2.45, 2.75) is 56.3 Å². The molecule has 0 N–H and O–H groups in total. The topological polar surface area (TPSA) is 364 Å². The minimum Gasteiger partial charge on any atom is -0.748 e. The molecule has 1 aliphatic rings. The summed E-state index contributed by atoms with van der Waals surface area (Å²) in [6, 6.07) is 19.7. The predicted molar refractivity (Wildman–Crippen MR) is 243 cm³/mol. The Hall–Kier alpha value is -4.65. The van der Waals surface area contributed by atoms with Crippen molar-refractivity contribution in [1.29, 1.82) is 0 Å². The van der Waals surface area contributed by atoms with Gasteiger partial charge in [0.25, 0.3) is 11.8 Å². The first kappa shape index (κ1) is 68.4. The van der Waals surface area contributed by atoms with E-state index in [9.17, 15) is 53.3 Å². The molecule has 30 heteroatoms. The molecule has 0 bridgehead atoms. The van der Waals surface area contributed by atoms with Gasteiger partial charge in [-0.1, -0.05) is 0 Å². The van der Waals surface area contributed by atoms with E-state index in [1.165, 1.54) is 60.6 Å². The quantitative estimate of drug-likeness (QED) is 0.0481. The number of carbonyl (C=O) groups excluding carboxylic acids is 3. The van der Waals surface area contributed by atoms with Gasteiger partial charge in [0.15, 0.2) is 0 Å². The number of aryl methyl sites for hydroxylation is 2. The molecule has 23 nitrogen and oxygen atoms in total. The maximum Gasteiger partial charge on any atom is 1.00 e. The second kappa shape index (κ2) is 34.0. The molecule has 6 aromatic rings. The van der Waals surface area contributed by atoms with Gasteiger partial charge in [0.2, 0.25) is 0 Å². The van der Waals surface area contributed by atoms with Crippen LogP contribution in [0, 0.1) is 13.8 Å². The average molecular weight is 1190 g/mol. The maximum absolute atomic E-state index is 11.5. The Morgan fingerprint density at radius 1 is 0.589 bits per heavy atom. The van der Waals surface area contributed by atoms with E-state index in [-0.39, 0.29) is 120 Å². The van der Waals surface area contributed by atoms with Crippen LogP contribution in [0.1, 0.15) is 59.1 Å². The summed E-state index contributed by atoms with van der Waals surface area (Å²) in [7, 11) is -16.3. The fraction of sp³-hybridized carbons (Fsp3) is 0.209. The van der Waals surface area contributed by atoms with E-state index in [4.69, 9.17) is 17.5 Å². The van der Waals surface area contributed by atoms with Crippen molar-refractivity contribution in [1.82, 2.24) is 35.0 Å². The van der Waals surface area contributed by atoms with E-state index in [1.807, 2.05) is 31.2 Å². The molecule has 73 heavy (non-hydrogen) atoms. The Morgan fingerprint density at radius 3 is 1.25 bits per heavy atom. The molecule has 1 aliphatic heterocycles. The first-order chi connectivity index (χ1) is 32.9. The fourth-order valence-electron chi connectivity index (χ4n) is 5.56. The molecular formula is C43H41N7Na2O16RuS4-2. The van der Waals surface area contributed by atoms with Crippen LogP contribution >= 0.6 is 0 Å². The van der Waals surface area contributed by atoms with Crippen molar-refractivity contribution in [3.05, 3.63) is 163 Å². The van der Waals surface area contributed by atoms with Crippen LogP contribution in [0.4, 0.5) is 0 Å². The molecule has 0 atom stereocenters. The van der Waals surface area contributed by atoms with Gasteiger partial charge >= 0.3 is 75.7 Å². The number of hydrogen-bond acceptors (Lipinski definition) is 22. The number of hydrogen-bond donors (Lipinski definition) is 0. The molecule has 1 saturated heterocycles. The van der Waals surface area contributed by atoms with Crippen molar-refractivity contribution in [3.63, 3.8) is 0 Å². The minimum atomic E-state index is -4.43. The van der Waals surface area contributed by atoms with Crippen molar-refractivity contribution < 1.29 is 149 Å². The second-order valence-corrected chi connectivity index (χ2v) is 18.9. The monoisotopic (exact) mass is 1190 g/mol. The van der Waals surface area contributed by atoms with Crippen molar-refractivity contribution in [2.75, 3.05) is 0 Å². The van der Waals surface area contributed by atoms with Gasteiger partial charge in [-0.25, -0.2) is 30.0 Å². The summed E-state index contributed by atoms with van der Waals surface area (Å²) in [4.78, 5) is 62.7. The summed E-state index contributed by atoms with van der Waals surface area (Å²) >= 11 is 0. The first-order valence-corrected chi connectivity index (χ1v) is 25.6. The third-order valence-electron chi connectivity index (χ3n) is 8.49. The zero-order chi connectivity index (χ0) is 51.9. The van der Waals surface area contributed by atoms with Crippen LogP contribution in [-0.2, 0) is 103 Å². The van der Waals surface area contributed by atoms with Crippen molar-refractivity contribution in [2.24, 2.45) is 0 Å². The summed E-state index contributed by atoms with van der Waals surface area (Å²) in [6.07, 6.45) is 14.3. The van der Waals surface area contributed by atoms with Gasteiger partial charge in [-0.05, 0) is 114 Å². The Labute approximate surface area is 480 Å². The Balaban J connectivity index is 0.000000948. The van der Waals surface area contributed by atoms with E-state index in [0.29, 0.717) is 28.4 Å². The van der Waals surface area contributed by atoms with Gasteiger partial charge in [0.05, 0.1) is 64.7 Å². The minimum absolute atomic E-state index is 0. The maximum atomic E-state index is 11.5. The summed E-state index contributed by atoms with van der Waals surface area (Å²) in [5.41, 5.74) is 5.64. The Bertz CT molecular complexity index is 3100. The molecule has 0 spiro atoms. The number of hydroxylamine groups is 2. The number of aromatic nitrogens is 6. The molecule has 380 valence electrons. The number of nitrogens with zero attached hydrogens (tertiary/aromatic N) is 7. The molecule has 0 radical (unpaired) electrons. The molecule has 0 unspecified atom stereocenters.